The number of carbonyl (C=O) groups excluding carboxylic acids is 1. The van der Waals surface area contributed by atoms with Crippen molar-refractivity contribution in [3.8, 4) is 11.5 Å². The van der Waals surface area contributed by atoms with Gasteiger partial charge in [-0.1, -0.05) is 6.07 Å². The summed E-state index contributed by atoms with van der Waals surface area (Å²) in [4.78, 5) is 16.2. The van der Waals surface area contributed by atoms with Gasteiger partial charge in [0.2, 0.25) is 5.91 Å². The molecule has 0 bridgehead atoms. The Hall–Kier alpha value is -2.56. The van der Waals surface area contributed by atoms with E-state index in [-0.39, 0.29) is 11.9 Å². The fraction of sp³-hybridized carbons (Fsp3) is 0.333. The molecule has 0 saturated carbocycles. The highest BCUT2D eigenvalue weighted by Crippen LogP contribution is 2.29. The molecular formula is C18H22N2O3. The van der Waals surface area contributed by atoms with Crippen LogP contribution in [0.5, 0.6) is 11.5 Å². The third kappa shape index (κ3) is 4.71. The standard InChI is InChI=1S/C18H22N2O3/c1-13(16-8-7-15(22-2)11-17(16)23-3)20-18(21)9-6-14-5-4-10-19-12-14/h4-5,7-8,10-13H,6,9H2,1-3H3,(H,20,21). The van der Waals surface area contributed by atoms with Crippen molar-refractivity contribution < 1.29 is 14.3 Å². The van der Waals surface area contributed by atoms with Gasteiger partial charge in [0.25, 0.3) is 0 Å². The third-order valence-corrected chi connectivity index (χ3v) is 3.65. The number of pyridine rings is 1. The predicted molar refractivity (Wildman–Crippen MR) is 88.7 cm³/mol. The zero-order valence-corrected chi connectivity index (χ0v) is 13.7. The molecule has 1 atom stereocenters. The number of carbonyl (C=O) groups is 1. The lowest BCUT2D eigenvalue weighted by Gasteiger charge is -2.18. The molecule has 122 valence electrons. The molecule has 23 heavy (non-hydrogen) atoms. The molecule has 0 aliphatic carbocycles. The van der Waals surface area contributed by atoms with E-state index < -0.39 is 0 Å². The molecule has 0 spiro atoms. The quantitative estimate of drug-likeness (QED) is 0.853. The molecule has 2 aromatic rings. The van der Waals surface area contributed by atoms with Gasteiger partial charge in [-0.3, -0.25) is 9.78 Å². The van der Waals surface area contributed by atoms with E-state index >= 15 is 0 Å². The van der Waals surface area contributed by atoms with Crippen LogP contribution in [-0.4, -0.2) is 25.1 Å². The highest BCUT2D eigenvalue weighted by Gasteiger charge is 2.14. The van der Waals surface area contributed by atoms with Crippen LogP contribution in [0.2, 0.25) is 0 Å². The minimum Gasteiger partial charge on any atom is -0.497 e. The summed E-state index contributed by atoms with van der Waals surface area (Å²) >= 11 is 0. The lowest BCUT2D eigenvalue weighted by Crippen LogP contribution is -2.27. The highest BCUT2D eigenvalue weighted by atomic mass is 16.5. The largest absolute Gasteiger partial charge is 0.497 e. The monoisotopic (exact) mass is 314 g/mol. The Labute approximate surface area is 136 Å². The number of hydrogen-bond acceptors (Lipinski definition) is 4. The van der Waals surface area contributed by atoms with Gasteiger partial charge in [0.1, 0.15) is 11.5 Å². The maximum atomic E-state index is 12.1. The zero-order valence-electron chi connectivity index (χ0n) is 13.7. The third-order valence-electron chi connectivity index (χ3n) is 3.65. The molecule has 1 N–H and O–H groups in total. The van der Waals surface area contributed by atoms with Crippen LogP contribution in [0.4, 0.5) is 0 Å². The number of amides is 1. The fourth-order valence-electron chi connectivity index (χ4n) is 2.37. The second-order valence-corrected chi connectivity index (χ2v) is 5.26. The molecule has 1 unspecified atom stereocenters. The molecule has 0 fully saturated rings. The van der Waals surface area contributed by atoms with Gasteiger partial charge in [-0.15, -0.1) is 0 Å². The van der Waals surface area contributed by atoms with Crippen LogP contribution in [0.25, 0.3) is 0 Å². The van der Waals surface area contributed by atoms with Gasteiger partial charge in [0.15, 0.2) is 0 Å². The number of benzene rings is 1. The number of hydrogen-bond donors (Lipinski definition) is 1. The summed E-state index contributed by atoms with van der Waals surface area (Å²) in [7, 11) is 3.22. The van der Waals surface area contributed by atoms with Crippen molar-refractivity contribution in [2.24, 2.45) is 0 Å². The Balaban J connectivity index is 1.95. The molecule has 1 amide bonds. The summed E-state index contributed by atoms with van der Waals surface area (Å²) in [5.41, 5.74) is 1.97. The fourth-order valence-corrected chi connectivity index (χ4v) is 2.37. The summed E-state index contributed by atoms with van der Waals surface area (Å²) in [5, 5.41) is 3.00. The van der Waals surface area contributed by atoms with Gasteiger partial charge in [-0.05, 0) is 37.1 Å². The van der Waals surface area contributed by atoms with Gasteiger partial charge in [0, 0.05) is 30.4 Å². The van der Waals surface area contributed by atoms with E-state index in [1.807, 2.05) is 37.3 Å². The molecule has 5 nitrogen and oxygen atoms in total. The number of nitrogens with one attached hydrogen (secondary N) is 1. The number of methoxy groups -OCH3 is 2. The van der Waals surface area contributed by atoms with E-state index in [1.54, 1.807) is 26.6 Å². The van der Waals surface area contributed by atoms with Crippen LogP contribution >= 0.6 is 0 Å². The first kappa shape index (κ1) is 16.8. The lowest BCUT2D eigenvalue weighted by molar-refractivity contribution is -0.121. The number of rotatable bonds is 7. The number of nitrogens with zero attached hydrogens (tertiary/aromatic N) is 1. The van der Waals surface area contributed by atoms with Crippen LogP contribution in [0.3, 0.4) is 0 Å². The second kappa shape index (κ2) is 8.17. The van der Waals surface area contributed by atoms with Crippen molar-refractivity contribution in [3.05, 3.63) is 53.9 Å². The van der Waals surface area contributed by atoms with Crippen molar-refractivity contribution in [2.75, 3.05) is 14.2 Å². The van der Waals surface area contributed by atoms with E-state index in [2.05, 4.69) is 10.3 Å². The first-order valence-electron chi connectivity index (χ1n) is 7.54. The van der Waals surface area contributed by atoms with Crippen molar-refractivity contribution in [3.63, 3.8) is 0 Å². The molecular weight excluding hydrogens is 292 g/mol. The number of ether oxygens (including phenoxy) is 2. The Bertz CT molecular complexity index is 644. The van der Waals surface area contributed by atoms with Crippen LogP contribution in [0.1, 0.15) is 30.5 Å². The summed E-state index contributed by atoms with van der Waals surface area (Å²) in [6.07, 6.45) is 4.60. The van der Waals surface area contributed by atoms with Crippen molar-refractivity contribution in [1.82, 2.24) is 10.3 Å². The van der Waals surface area contributed by atoms with E-state index in [0.29, 0.717) is 18.6 Å². The smallest absolute Gasteiger partial charge is 0.220 e. The maximum absolute atomic E-state index is 12.1. The SMILES string of the molecule is COc1ccc(C(C)NC(=O)CCc2cccnc2)c(OC)c1. The minimum atomic E-state index is -0.141. The van der Waals surface area contributed by atoms with Gasteiger partial charge >= 0.3 is 0 Å². The predicted octanol–water partition coefficient (Wildman–Crippen LogP) is 2.91. The molecule has 1 aromatic carbocycles. The Morgan fingerprint density at radius 2 is 2.09 bits per heavy atom. The minimum absolute atomic E-state index is 0.000718. The molecule has 2 rings (SSSR count). The molecule has 5 heteroatoms. The molecule has 0 saturated heterocycles. The average molecular weight is 314 g/mol. The van der Waals surface area contributed by atoms with Gasteiger partial charge in [0.05, 0.1) is 20.3 Å². The molecule has 0 aliphatic heterocycles. The normalized spacial score (nSPS) is 11.6. The van der Waals surface area contributed by atoms with Gasteiger partial charge in [-0.25, -0.2) is 0 Å². The van der Waals surface area contributed by atoms with E-state index in [1.165, 1.54) is 0 Å². The van der Waals surface area contributed by atoms with Gasteiger partial charge in [-0.2, -0.15) is 0 Å². The second-order valence-electron chi connectivity index (χ2n) is 5.26. The first-order chi connectivity index (χ1) is 11.1. The van der Waals surface area contributed by atoms with Crippen LogP contribution in [0, 0.1) is 0 Å². The van der Waals surface area contributed by atoms with Crippen LogP contribution < -0.4 is 14.8 Å². The summed E-state index contributed by atoms with van der Waals surface area (Å²) in [6, 6.07) is 9.28. The maximum Gasteiger partial charge on any atom is 0.220 e. The van der Waals surface area contributed by atoms with Crippen LogP contribution in [0.15, 0.2) is 42.7 Å². The number of aromatic nitrogens is 1. The first-order valence-corrected chi connectivity index (χ1v) is 7.54. The Morgan fingerprint density at radius 1 is 1.26 bits per heavy atom. The summed E-state index contributed by atoms with van der Waals surface area (Å²) in [6.45, 7) is 1.94. The topological polar surface area (TPSA) is 60.5 Å². The zero-order chi connectivity index (χ0) is 16.7. The molecule has 0 radical (unpaired) electrons. The van der Waals surface area contributed by atoms with E-state index in [4.69, 9.17) is 9.47 Å². The summed E-state index contributed by atoms with van der Waals surface area (Å²) in [5.74, 6) is 1.42. The lowest BCUT2D eigenvalue weighted by atomic mass is 10.1. The van der Waals surface area contributed by atoms with Gasteiger partial charge < -0.3 is 14.8 Å². The molecule has 1 aromatic heterocycles. The molecule has 1 heterocycles. The Morgan fingerprint density at radius 3 is 2.74 bits per heavy atom. The van der Waals surface area contributed by atoms with Crippen molar-refractivity contribution in [2.45, 2.75) is 25.8 Å². The summed E-state index contributed by atoms with van der Waals surface area (Å²) < 4.78 is 10.6. The van der Waals surface area contributed by atoms with Crippen molar-refractivity contribution >= 4 is 5.91 Å². The average Bonchev–Trinajstić information content (AvgIpc) is 2.60. The number of aryl methyl sites for hydroxylation is 1. The van der Waals surface area contributed by atoms with E-state index in [9.17, 15) is 4.79 Å². The Kier molecular flexibility index (Phi) is 5.97. The molecule has 0 aliphatic rings. The van der Waals surface area contributed by atoms with Crippen molar-refractivity contribution in [1.29, 1.82) is 0 Å². The van der Waals surface area contributed by atoms with E-state index in [0.717, 1.165) is 16.9 Å². The highest BCUT2D eigenvalue weighted by molar-refractivity contribution is 5.76. The van der Waals surface area contributed by atoms with Crippen LogP contribution in [-0.2, 0) is 11.2 Å².